The second kappa shape index (κ2) is 8.73. The third-order valence-corrected chi connectivity index (χ3v) is 5.12. The number of likely N-dealkylation sites (N-methyl/N-ethyl adjacent to an activating group) is 1. The van der Waals surface area contributed by atoms with E-state index in [9.17, 15) is 18.0 Å². The molecule has 27 heavy (non-hydrogen) atoms. The molecule has 1 heterocycles. The minimum atomic E-state index is -3.98. The van der Waals surface area contributed by atoms with Crippen molar-refractivity contribution in [3.8, 4) is 0 Å². The molecule has 0 aliphatic heterocycles. The Kier molecular flexibility index (Phi) is 6.64. The summed E-state index contributed by atoms with van der Waals surface area (Å²) in [5.41, 5.74) is 0.145. The molecule has 1 aromatic carbocycles. The molecule has 2 amide bonds. The van der Waals surface area contributed by atoms with Crippen molar-refractivity contribution >= 4 is 21.8 Å². The van der Waals surface area contributed by atoms with Crippen LogP contribution in [0, 0.1) is 6.92 Å². The van der Waals surface area contributed by atoms with Crippen LogP contribution in [0.3, 0.4) is 0 Å². The lowest BCUT2D eigenvalue weighted by atomic mass is 10.2. The molecule has 0 unspecified atom stereocenters. The van der Waals surface area contributed by atoms with Gasteiger partial charge >= 0.3 is 0 Å². The van der Waals surface area contributed by atoms with E-state index in [4.69, 9.17) is 4.52 Å². The van der Waals surface area contributed by atoms with Crippen LogP contribution in [0.5, 0.6) is 0 Å². The largest absolute Gasteiger partial charge is 0.358 e. The van der Waals surface area contributed by atoms with Gasteiger partial charge in [0.15, 0.2) is 5.82 Å². The van der Waals surface area contributed by atoms with Crippen molar-refractivity contribution in [3.05, 3.63) is 41.5 Å². The van der Waals surface area contributed by atoms with Crippen molar-refractivity contribution < 1.29 is 22.5 Å². The van der Waals surface area contributed by atoms with Crippen molar-refractivity contribution in [1.82, 2.24) is 25.5 Å². The van der Waals surface area contributed by atoms with Gasteiger partial charge in [0.25, 0.3) is 5.91 Å². The maximum Gasteiger partial charge on any atom is 0.251 e. The number of nitrogens with one attached hydrogen (secondary N) is 3. The summed E-state index contributed by atoms with van der Waals surface area (Å²) >= 11 is 0. The lowest BCUT2D eigenvalue weighted by molar-refractivity contribution is -0.122. The Hall–Kier alpha value is -2.79. The van der Waals surface area contributed by atoms with E-state index in [0.29, 0.717) is 11.7 Å². The minimum Gasteiger partial charge on any atom is -0.358 e. The number of carbonyl (C=O) groups is 2. The van der Waals surface area contributed by atoms with Crippen LogP contribution in [0.1, 0.15) is 35.4 Å². The maximum absolute atomic E-state index is 12.5. The molecule has 0 fully saturated rings. The molecule has 0 aliphatic rings. The smallest absolute Gasteiger partial charge is 0.251 e. The molecule has 0 saturated carbocycles. The summed E-state index contributed by atoms with van der Waals surface area (Å²) in [7, 11) is -2.55. The normalized spacial score (nSPS) is 12.4. The first-order valence-corrected chi connectivity index (χ1v) is 9.66. The highest BCUT2D eigenvalue weighted by atomic mass is 32.2. The Morgan fingerprint density at radius 1 is 1.30 bits per heavy atom. The lowest BCUT2D eigenvalue weighted by Crippen LogP contribution is -2.45. The SMILES string of the molecule is CC[C@@H](NS(=O)(=O)c1cccc(C(=O)NCc2noc(C)n2)c1)C(=O)NC. The molecule has 11 heteroatoms. The van der Waals surface area contributed by atoms with Gasteiger partial charge in [-0.15, -0.1) is 0 Å². The summed E-state index contributed by atoms with van der Waals surface area (Å²) < 4.78 is 32.2. The topological polar surface area (TPSA) is 143 Å². The van der Waals surface area contributed by atoms with Gasteiger partial charge in [0.05, 0.1) is 11.4 Å². The molecule has 3 N–H and O–H groups in total. The zero-order valence-electron chi connectivity index (χ0n) is 15.1. The molecule has 10 nitrogen and oxygen atoms in total. The molecule has 0 saturated heterocycles. The molecule has 1 aromatic heterocycles. The Morgan fingerprint density at radius 3 is 2.63 bits per heavy atom. The van der Waals surface area contributed by atoms with Crippen molar-refractivity contribution in [2.24, 2.45) is 0 Å². The van der Waals surface area contributed by atoms with E-state index in [1.807, 2.05) is 0 Å². The fourth-order valence-corrected chi connectivity index (χ4v) is 3.56. The number of rotatable bonds is 8. The first kappa shape index (κ1) is 20.5. The van der Waals surface area contributed by atoms with Crippen LogP contribution < -0.4 is 15.4 Å². The first-order chi connectivity index (χ1) is 12.8. The van der Waals surface area contributed by atoms with E-state index >= 15 is 0 Å². The van der Waals surface area contributed by atoms with E-state index < -0.39 is 27.9 Å². The third-order valence-electron chi connectivity index (χ3n) is 3.65. The van der Waals surface area contributed by atoms with Crippen LogP contribution >= 0.6 is 0 Å². The van der Waals surface area contributed by atoms with Crippen molar-refractivity contribution in [3.63, 3.8) is 0 Å². The number of benzene rings is 1. The Labute approximate surface area is 156 Å². The van der Waals surface area contributed by atoms with Crippen molar-refractivity contribution in [2.75, 3.05) is 7.05 Å². The standard InChI is InChI=1S/C16H21N5O5S/c1-4-13(16(23)17-3)21-27(24,25)12-7-5-6-11(8-12)15(22)18-9-14-19-10(2)26-20-14/h5-8,13,21H,4,9H2,1-3H3,(H,17,23)(H,18,22)/t13-/m1/s1. The van der Waals surface area contributed by atoms with Gasteiger partial charge in [-0.3, -0.25) is 9.59 Å². The number of hydrogen-bond donors (Lipinski definition) is 3. The Balaban J connectivity index is 2.13. The molecule has 1 atom stereocenters. The molecule has 2 aromatic rings. The van der Waals surface area contributed by atoms with Gasteiger partial charge in [0.2, 0.25) is 21.8 Å². The van der Waals surface area contributed by atoms with E-state index in [-0.39, 0.29) is 23.4 Å². The Morgan fingerprint density at radius 2 is 2.04 bits per heavy atom. The molecule has 2 rings (SSSR count). The summed E-state index contributed by atoms with van der Waals surface area (Å²) in [6.45, 7) is 3.36. The highest BCUT2D eigenvalue weighted by Gasteiger charge is 2.24. The third kappa shape index (κ3) is 5.34. The molecule has 146 valence electrons. The van der Waals surface area contributed by atoms with Crippen LogP contribution in [-0.4, -0.2) is 43.5 Å². The lowest BCUT2D eigenvalue weighted by Gasteiger charge is -2.16. The van der Waals surface area contributed by atoms with E-state index in [2.05, 4.69) is 25.5 Å². The number of hydrogen-bond acceptors (Lipinski definition) is 7. The summed E-state index contributed by atoms with van der Waals surface area (Å²) in [5, 5.41) is 8.65. The van der Waals surface area contributed by atoms with Gasteiger partial charge in [0.1, 0.15) is 6.04 Å². The number of nitrogens with zero attached hydrogens (tertiary/aromatic N) is 2. The zero-order valence-corrected chi connectivity index (χ0v) is 16.0. The number of amides is 2. The predicted molar refractivity (Wildman–Crippen MR) is 95.1 cm³/mol. The average Bonchev–Trinajstić information content (AvgIpc) is 3.08. The molecule has 0 bridgehead atoms. The summed E-state index contributed by atoms with van der Waals surface area (Å²) in [6, 6.07) is 4.60. The zero-order chi connectivity index (χ0) is 20.0. The van der Waals surface area contributed by atoms with Gasteiger partial charge in [0, 0.05) is 19.5 Å². The number of carbonyl (C=O) groups excluding carboxylic acids is 2. The summed E-state index contributed by atoms with van der Waals surface area (Å²) in [6.07, 6.45) is 0.281. The van der Waals surface area contributed by atoms with Crippen molar-refractivity contribution in [2.45, 2.75) is 37.8 Å². The van der Waals surface area contributed by atoms with Gasteiger partial charge in [-0.1, -0.05) is 18.1 Å². The average molecular weight is 395 g/mol. The van der Waals surface area contributed by atoms with Gasteiger partial charge < -0.3 is 15.2 Å². The summed E-state index contributed by atoms with van der Waals surface area (Å²) in [5.74, 6) is -0.249. The van der Waals surface area contributed by atoms with E-state index in [1.165, 1.54) is 31.3 Å². The van der Waals surface area contributed by atoms with Gasteiger partial charge in [-0.05, 0) is 24.6 Å². The van der Waals surface area contributed by atoms with Crippen molar-refractivity contribution in [1.29, 1.82) is 0 Å². The summed E-state index contributed by atoms with van der Waals surface area (Å²) in [4.78, 5) is 27.8. The van der Waals surface area contributed by atoms with Crippen LogP contribution in [0.25, 0.3) is 0 Å². The van der Waals surface area contributed by atoms with Crippen LogP contribution in [-0.2, 0) is 21.4 Å². The first-order valence-electron chi connectivity index (χ1n) is 8.18. The maximum atomic E-state index is 12.5. The monoisotopic (exact) mass is 395 g/mol. The fourth-order valence-electron chi connectivity index (χ4n) is 2.23. The van der Waals surface area contributed by atoms with Crippen LogP contribution in [0.4, 0.5) is 0 Å². The van der Waals surface area contributed by atoms with Gasteiger partial charge in [-0.2, -0.15) is 9.71 Å². The van der Waals surface area contributed by atoms with Gasteiger partial charge in [-0.25, -0.2) is 8.42 Å². The molecule has 0 spiro atoms. The van der Waals surface area contributed by atoms with E-state index in [1.54, 1.807) is 13.8 Å². The highest BCUT2D eigenvalue weighted by Crippen LogP contribution is 2.13. The minimum absolute atomic E-state index is 0.0416. The second-order valence-electron chi connectivity index (χ2n) is 5.64. The second-order valence-corrected chi connectivity index (χ2v) is 7.35. The molecular weight excluding hydrogens is 374 g/mol. The Bertz CT molecular complexity index is 925. The van der Waals surface area contributed by atoms with E-state index in [0.717, 1.165) is 0 Å². The molecule has 0 aliphatic carbocycles. The highest BCUT2D eigenvalue weighted by molar-refractivity contribution is 7.89. The number of aromatic nitrogens is 2. The fraction of sp³-hybridized carbons (Fsp3) is 0.375. The molecule has 0 radical (unpaired) electrons. The number of aryl methyl sites for hydroxylation is 1. The van der Waals surface area contributed by atoms with Crippen LogP contribution in [0.15, 0.2) is 33.7 Å². The molecular formula is C16H21N5O5S. The predicted octanol–water partition coefficient (Wildman–Crippen LogP) is 0.111. The van der Waals surface area contributed by atoms with Crippen LogP contribution in [0.2, 0.25) is 0 Å². The number of sulfonamides is 1. The quantitative estimate of drug-likeness (QED) is 0.575.